The summed E-state index contributed by atoms with van der Waals surface area (Å²) in [5.74, 6) is -1.32. The van der Waals surface area contributed by atoms with Gasteiger partial charge in [0, 0.05) is 49.7 Å². The molecule has 1 aliphatic rings. The first-order valence-corrected chi connectivity index (χ1v) is 8.93. The Hall–Kier alpha value is -2.32. The third kappa shape index (κ3) is 4.90. The Morgan fingerprint density at radius 1 is 1.41 bits per heavy atom. The van der Waals surface area contributed by atoms with Crippen LogP contribution < -0.4 is 5.32 Å². The molecule has 0 radical (unpaired) electrons. The summed E-state index contributed by atoms with van der Waals surface area (Å²) in [7, 11) is 1.64. The fourth-order valence-electron chi connectivity index (χ4n) is 3.13. The molecule has 1 N–H and O–H groups in total. The summed E-state index contributed by atoms with van der Waals surface area (Å²) in [5, 5.41) is 7.24. The Bertz CT molecular complexity index is 808. The molecule has 27 heavy (non-hydrogen) atoms. The average molecular weight is 379 g/mol. The molecule has 0 bridgehead atoms. The highest BCUT2D eigenvalue weighted by atomic mass is 19.1. The van der Waals surface area contributed by atoms with Gasteiger partial charge in [-0.05, 0) is 18.2 Å². The molecule has 8 heteroatoms. The topological polar surface area (TPSA) is 65.4 Å². The van der Waals surface area contributed by atoms with Crippen LogP contribution in [-0.4, -0.2) is 36.0 Å². The maximum absolute atomic E-state index is 13.6. The Balaban J connectivity index is 1.58. The summed E-state index contributed by atoms with van der Waals surface area (Å²) in [4.78, 5) is 12.1. The number of hydrogen-bond acceptors (Lipinski definition) is 4. The quantitative estimate of drug-likeness (QED) is 0.763. The smallest absolute Gasteiger partial charge is 0.220 e. The van der Waals surface area contributed by atoms with Crippen molar-refractivity contribution in [2.45, 2.75) is 39.0 Å². The molecular weight excluding hydrogens is 356 g/mol. The molecule has 0 atom stereocenters. The standard InChI is InChI=1S/C19H23F2N3O3/c1-26-9-7-24-18-6-8-27-12-15(18)17(23-24)4-5-19(25)22-11-13-10-14(20)2-3-16(13)21/h2-3,10H,4-9,11-12H2,1H3,(H,22,25). The van der Waals surface area contributed by atoms with Crippen LogP contribution in [0.3, 0.4) is 0 Å². The number of aromatic nitrogens is 2. The van der Waals surface area contributed by atoms with E-state index in [1.165, 1.54) is 0 Å². The third-order valence-electron chi connectivity index (χ3n) is 4.56. The zero-order chi connectivity index (χ0) is 19.2. The molecule has 1 aliphatic heterocycles. The van der Waals surface area contributed by atoms with E-state index in [0.29, 0.717) is 32.8 Å². The van der Waals surface area contributed by atoms with Gasteiger partial charge in [0.25, 0.3) is 0 Å². The van der Waals surface area contributed by atoms with Crippen molar-refractivity contribution in [3.63, 3.8) is 0 Å². The zero-order valence-electron chi connectivity index (χ0n) is 15.3. The fourth-order valence-corrected chi connectivity index (χ4v) is 3.13. The van der Waals surface area contributed by atoms with Gasteiger partial charge in [0.05, 0.1) is 32.1 Å². The summed E-state index contributed by atoms with van der Waals surface area (Å²) in [6.07, 6.45) is 1.46. The van der Waals surface area contributed by atoms with E-state index in [1.54, 1.807) is 7.11 Å². The zero-order valence-corrected chi connectivity index (χ0v) is 15.3. The fraction of sp³-hybridized carbons (Fsp3) is 0.474. The number of carbonyl (C=O) groups excluding carboxylic acids is 1. The maximum Gasteiger partial charge on any atom is 0.220 e. The third-order valence-corrected chi connectivity index (χ3v) is 4.56. The number of ether oxygens (including phenoxy) is 2. The lowest BCUT2D eigenvalue weighted by atomic mass is 10.1. The number of hydrogen-bond donors (Lipinski definition) is 1. The number of aryl methyl sites for hydroxylation is 1. The lowest BCUT2D eigenvalue weighted by Gasteiger charge is -2.15. The Morgan fingerprint density at radius 2 is 2.26 bits per heavy atom. The van der Waals surface area contributed by atoms with Crippen LogP contribution in [0.2, 0.25) is 0 Å². The minimum atomic E-state index is -0.542. The van der Waals surface area contributed by atoms with E-state index >= 15 is 0 Å². The van der Waals surface area contributed by atoms with Gasteiger partial charge < -0.3 is 14.8 Å². The second kappa shape index (κ2) is 9.05. The molecule has 0 unspecified atom stereocenters. The van der Waals surface area contributed by atoms with Crippen LogP contribution >= 0.6 is 0 Å². The van der Waals surface area contributed by atoms with E-state index < -0.39 is 11.6 Å². The number of methoxy groups -OCH3 is 1. The van der Waals surface area contributed by atoms with Crippen LogP contribution in [0.15, 0.2) is 18.2 Å². The second-order valence-corrected chi connectivity index (χ2v) is 6.40. The summed E-state index contributed by atoms with van der Waals surface area (Å²) < 4.78 is 39.4. The van der Waals surface area contributed by atoms with Crippen LogP contribution in [0.25, 0.3) is 0 Å². The monoisotopic (exact) mass is 379 g/mol. The van der Waals surface area contributed by atoms with Crippen LogP contribution in [0, 0.1) is 11.6 Å². The highest BCUT2D eigenvalue weighted by Gasteiger charge is 2.21. The van der Waals surface area contributed by atoms with Crippen molar-refractivity contribution in [1.29, 1.82) is 0 Å². The predicted molar refractivity (Wildman–Crippen MR) is 94.0 cm³/mol. The minimum Gasteiger partial charge on any atom is -0.383 e. The molecule has 0 aliphatic carbocycles. The normalized spacial score (nSPS) is 13.4. The Kier molecular flexibility index (Phi) is 6.52. The van der Waals surface area contributed by atoms with Crippen molar-refractivity contribution in [3.05, 3.63) is 52.3 Å². The van der Waals surface area contributed by atoms with Gasteiger partial charge in [-0.1, -0.05) is 0 Å². The van der Waals surface area contributed by atoms with Crippen molar-refractivity contribution in [2.24, 2.45) is 0 Å². The molecule has 0 fully saturated rings. The van der Waals surface area contributed by atoms with Gasteiger partial charge in [0.1, 0.15) is 11.6 Å². The summed E-state index contributed by atoms with van der Waals surface area (Å²) >= 11 is 0. The number of nitrogens with one attached hydrogen (secondary N) is 1. The first-order valence-electron chi connectivity index (χ1n) is 8.93. The first kappa shape index (κ1) is 19.4. The molecule has 6 nitrogen and oxygen atoms in total. The molecule has 0 saturated carbocycles. The van der Waals surface area contributed by atoms with E-state index in [-0.39, 0.29) is 24.4 Å². The van der Waals surface area contributed by atoms with E-state index in [1.807, 2.05) is 4.68 Å². The van der Waals surface area contributed by atoms with Crippen LogP contribution in [0.1, 0.15) is 28.9 Å². The minimum absolute atomic E-state index is 0.0497. The average Bonchev–Trinajstić information content (AvgIpc) is 3.03. The Morgan fingerprint density at radius 3 is 3.07 bits per heavy atom. The molecule has 1 amide bonds. The molecule has 0 spiro atoms. The number of nitrogens with zero attached hydrogens (tertiary/aromatic N) is 2. The van der Waals surface area contributed by atoms with Crippen molar-refractivity contribution in [1.82, 2.24) is 15.1 Å². The van der Waals surface area contributed by atoms with Crippen molar-refractivity contribution < 1.29 is 23.0 Å². The molecular formula is C19H23F2N3O3. The van der Waals surface area contributed by atoms with Crippen molar-refractivity contribution in [3.8, 4) is 0 Å². The van der Waals surface area contributed by atoms with Gasteiger partial charge in [-0.25, -0.2) is 8.78 Å². The molecule has 146 valence electrons. The molecule has 1 aromatic carbocycles. The summed E-state index contributed by atoms with van der Waals surface area (Å²) in [6, 6.07) is 3.18. The molecule has 1 aromatic heterocycles. The number of halogens is 2. The number of fused-ring (bicyclic) bond motifs is 1. The van der Waals surface area contributed by atoms with Gasteiger partial charge in [-0.3, -0.25) is 9.48 Å². The molecule has 2 aromatic rings. The van der Waals surface area contributed by atoms with Crippen LogP contribution in [0.4, 0.5) is 8.78 Å². The van der Waals surface area contributed by atoms with Crippen LogP contribution in [0.5, 0.6) is 0 Å². The van der Waals surface area contributed by atoms with E-state index in [9.17, 15) is 13.6 Å². The van der Waals surface area contributed by atoms with Gasteiger partial charge in [0.15, 0.2) is 0 Å². The van der Waals surface area contributed by atoms with Crippen molar-refractivity contribution >= 4 is 5.91 Å². The van der Waals surface area contributed by atoms with E-state index in [2.05, 4.69) is 10.4 Å². The maximum atomic E-state index is 13.6. The van der Waals surface area contributed by atoms with Gasteiger partial charge in [-0.15, -0.1) is 0 Å². The molecule has 0 saturated heterocycles. The summed E-state index contributed by atoms with van der Waals surface area (Å²) in [6.45, 7) is 2.32. The largest absolute Gasteiger partial charge is 0.383 e. The predicted octanol–water partition coefficient (Wildman–Crippen LogP) is 2.13. The molecule has 3 rings (SSSR count). The number of rotatable bonds is 8. The van der Waals surface area contributed by atoms with Crippen molar-refractivity contribution in [2.75, 3.05) is 20.3 Å². The summed E-state index contributed by atoms with van der Waals surface area (Å²) in [5.41, 5.74) is 3.14. The lowest BCUT2D eigenvalue weighted by molar-refractivity contribution is -0.121. The lowest BCUT2D eigenvalue weighted by Crippen LogP contribution is -2.24. The Labute approximate surface area is 156 Å². The van der Waals surface area contributed by atoms with E-state index in [4.69, 9.17) is 9.47 Å². The highest BCUT2D eigenvalue weighted by molar-refractivity contribution is 5.76. The molecule has 2 heterocycles. The van der Waals surface area contributed by atoms with E-state index in [0.717, 1.165) is 41.6 Å². The number of carbonyl (C=O) groups is 1. The SMILES string of the molecule is COCCn1nc(CCC(=O)NCc2cc(F)ccc2F)c2c1CCOC2. The number of benzene rings is 1. The van der Waals surface area contributed by atoms with Gasteiger partial charge >= 0.3 is 0 Å². The van der Waals surface area contributed by atoms with Gasteiger partial charge in [-0.2, -0.15) is 5.10 Å². The highest BCUT2D eigenvalue weighted by Crippen LogP contribution is 2.22. The second-order valence-electron chi connectivity index (χ2n) is 6.40. The van der Waals surface area contributed by atoms with Crippen LogP contribution in [-0.2, 0) is 46.8 Å². The number of amides is 1. The first-order chi connectivity index (χ1) is 13.1. The van der Waals surface area contributed by atoms with Gasteiger partial charge in [0.2, 0.25) is 5.91 Å².